The predicted octanol–water partition coefficient (Wildman–Crippen LogP) is 3.13. The maximum absolute atomic E-state index is 13.7. The first-order valence-corrected chi connectivity index (χ1v) is 7.20. The third-order valence-electron chi connectivity index (χ3n) is 3.82. The summed E-state index contributed by atoms with van der Waals surface area (Å²) in [7, 11) is 0. The summed E-state index contributed by atoms with van der Waals surface area (Å²) in [6.45, 7) is 0.378. The Balaban J connectivity index is 1.80. The van der Waals surface area contributed by atoms with Crippen molar-refractivity contribution in [2.45, 2.75) is 6.54 Å². The maximum atomic E-state index is 13.7. The molecule has 4 rings (SSSR count). The van der Waals surface area contributed by atoms with Crippen molar-refractivity contribution in [3.8, 4) is 0 Å². The molecule has 0 amide bonds. The van der Waals surface area contributed by atoms with Gasteiger partial charge in [0.25, 0.3) is 5.56 Å². The zero-order valence-corrected chi connectivity index (χ0v) is 12.1. The van der Waals surface area contributed by atoms with Crippen molar-refractivity contribution in [1.29, 1.82) is 0 Å². The van der Waals surface area contributed by atoms with Crippen molar-refractivity contribution in [3.63, 3.8) is 0 Å². The van der Waals surface area contributed by atoms with Crippen molar-refractivity contribution in [2.75, 3.05) is 0 Å². The topological polar surface area (TPSA) is 47.8 Å². The SMILES string of the molecule is O=c1c2cccc(F)c2ncn1Cc1ccc2ncccc2c1. The second-order valence-corrected chi connectivity index (χ2v) is 5.34. The van der Waals surface area contributed by atoms with Gasteiger partial charge in [0.05, 0.1) is 23.8 Å². The molecule has 0 saturated carbocycles. The van der Waals surface area contributed by atoms with Crippen LogP contribution in [0.4, 0.5) is 4.39 Å². The van der Waals surface area contributed by atoms with Crippen molar-refractivity contribution in [1.82, 2.24) is 14.5 Å². The second-order valence-electron chi connectivity index (χ2n) is 5.34. The lowest BCUT2D eigenvalue weighted by molar-refractivity contribution is 0.634. The molecule has 0 fully saturated rings. The van der Waals surface area contributed by atoms with E-state index in [1.807, 2.05) is 30.3 Å². The van der Waals surface area contributed by atoms with Crippen LogP contribution in [0.15, 0.2) is 65.8 Å². The molecule has 0 aliphatic heterocycles. The monoisotopic (exact) mass is 305 g/mol. The molecular weight excluding hydrogens is 293 g/mol. The van der Waals surface area contributed by atoms with Crippen LogP contribution in [0.25, 0.3) is 21.8 Å². The summed E-state index contributed by atoms with van der Waals surface area (Å²) in [6.07, 6.45) is 3.13. The molecule has 0 N–H and O–H groups in total. The van der Waals surface area contributed by atoms with Gasteiger partial charge in [0.15, 0.2) is 0 Å². The van der Waals surface area contributed by atoms with E-state index >= 15 is 0 Å². The number of aromatic nitrogens is 3. The van der Waals surface area contributed by atoms with Gasteiger partial charge in [0.1, 0.15) is 11.3 Å². The highest BCUT2D eigenvalue weighted by Crippen LogP contribution is 2.15. The number of hydrogen-bond donors (Lipinski definition) is 0. The zero-order chi connectivity index (χ0) is 15.8. The highest BCUT2D eigenvalue weighted by Gasteiger charge is 2.08. The van der Waals surface area contributed by atoms with Crippen molar-refractivity contribution < 1.29 is 4.39 Å². The Morgan fingerprint density at radius 2 is 1.96 bits per heavy atom. The lowest BCUT2D eigenvalue weighted by Gasteiger charge is -2.08. The van der Waals surface area contributed by atoms with Crippen LogP contribution in [0.3, 0.4) is 0 Å². The Labute approximate surface area is 130 Å². The molecular formula is C18H12FN3O. The number of benzene rings is 2. The van der Waals surface area contributed by atoms with E-state index in [2.05, 4.69) is 9.97 Å². The van der Waals surface area contributed by atoms with Crippen molar-refractivity contribution in [2.24, 2.45) is 0 Å². The molecule has 0 radical (unpaired) electrons. The molecule has 112 valence electrons. The van der Waals surface area contributed by atoms with Crippen LogP contribution < -0.4 is 5.56 Å². The first-order valence-electron chi connectivity index (χ1n) is 7.20. The molecule has 4 aromatic rings. The zero-order valence-electron chi connectivity index (χ0n) is 12.1. The number of pyridine rings is 1. The molecule has 23 heavy (non-hydrogen) atoms. The molecule has 2 heterocycles. The Morgan fingerprint density at radius 1 is 1.04 bits per heavy atom. The first kappa shape index (κ1) is 13.6. The first-order chi connectivity index (χ1) is 11.2. The summed E-state index contributed by atoms with van der Waals surface area (Å²) < 4.78 is 15.2. The number of para-hydroxylation sites is 1. The Kier molecular flexibility index (Phi) is 3.12. The van der Waals surface area contributed by atoms with Gasteiger partial charge in [-0.1, -0.05) is 18.2 Å². The number of nitrogens with zero attached hydrogens (tertiary/aromatic N) is 3. The molecule has 5 heteroatoms. The lowest BCUT2D eigenvalue weighted by Crippen LogP contribution is -2.21. The summed E-state index contributed by atoms with van der Waals surface area (Å²) in [5, 5.41) is 1.30. The highest BCUT2D eigenvalue weighted by atomic mass is 19.1. The van der Waals surface area contributed by atoms with E-state index in [9.17, 15) is 9.18 Å². The summed E-state index contributed by atoms with van der Waals surface area (Å²) in [4.78, 5) is 20.8. The van der Waals surface area contributed by atoms with Crippen LogP contribution in [0.1, 0.15) is 5.56 Å². The van der Waals surface area contributed by atoms with E-state index in [4.69, 9.17) is 0 Å². The van der Waals surface area contributed by atoms with Gasteiger partial charge in [0, 0.05) is 11.6 Å². The van der Waals surface area contributed by atoms with Gasteiger partial charge in [-0.2, -0.15) is 0 Å². The molecule has 2 aromatic heterocycles. The van der Waals surface area contributed by atoms with Gasteiger partial charge in [0.2, 0.25) is 0 Å². The van der Waals surface area contributed by atoms with E-state index in [-0.39, 0.29) is 16.5 Å². The predicted molar refractivity (Wildman–Crippen MR) is 86.8 cm³/mol. The van der Waals surface area contributed by atoms with Gasteiger partial charge in [-0.05, 0) is 35.9 Å². The molecule has 4 nitrogen and oxygen atoms in total. The van der Waals surface area contributed by atoms with Gasteiger partial charge >= 0.3 is 0 Å². The molecule has 0 atom stereocenters. The van der Waals surface area contributed by atoms with E-state index in [1.165, 1.54) is 23.0 Å². The maximum Gasteiger partial charge on any atom is 0.261 e. The fourth-order valence-corrected chi connectivity index (χ4v) is 2.69. The fourth-order valence-electron chi connectivity index (χ4n) is 2.69. The van der Waals surface area contributed by atoms with Crippen LogP contribution in [-0.4, -0.2) is 14.5 Å². The normalized spacial score (nSPS) is 11.2. The largest absolute Gasteiger partial charge is 0.294 e. The van der Waals surface area contributed by atoms with Crippen molar-refractivity contribution >= 4 is 21.8 Å². The van der Waals surface area contributed by atoms with Gasteiger partial charge < -0.3 is 0 Å². The molecule has 0 spiro atoms. The van der Waals surface area contributed by atoms with E-state index < -0.39 is 5.82 Å². The number of fused-ring (bicyclic) bond motifs is 2. The second kappa shape index (κ2) is 5.28. The van der Waals surface area contributed by atoms with E-state index in [0.717, 1.165) is 16.5 Å². The van der Waals surface area contributed by atoms with Gasteiger partial charge in [-0.25, -0.2) is 9.37 Å². The summed E-state index contributed by atoms with van der Waals surface area (Å²) in [5.74, 6) is -0.483. The van der Waals surface area contributed by atoms with E-state index in [0.29, 0.717) is 6.54 Å². The highest BCUT2D eigenvalue weighted by molar-refractivity contribution is 5.79. The minimum absolute atomic E-state index is 0.108. The van der Waals surface area contributed by atoms with Crippen LogP contribution in [0.2, 0.25) is 0 Å². The quantitative estimate of drug-likeness (QED) is 0.571. The Morgan fingerprint density at radius 3 is 2.87 bits per heavy atom. The number of hydrogen-bond acceptors (Lipinski definition) is 3. The molecule has 0 aliphatic rings. The third kappa shape index (κ3) is 2.36. The summed E-state index contributed by atoms with van der Waals surface area (Å²) in [5.41, 5.74) is 1.73. The molecule has 0 aliphatic carbocycles. The van der Waals surface area contributed by atoms with Crippen LogP contribution in [-0.2, 0) is 6.54 Å². The van der Waals surface area contributed by atoms with Gasteiger partial charge in [-0.3, -0.25) is 14.3 Å². The molecule has 0 unspecified atom stereocenters. The average Bonchev–Trinajstić information content (AvgIpc) is 2.58. The minimum Gasteiger partial charge on any atom is -0.294 e. The third-order valence-corrected chi connectivity index (χ3v) is 3.82. The molecule has 2 aromatic carbocycles. The van der Waals surface area contributed by atoms with Crippen LogP contribution in [0.5, 0.6) is 0 Å². The summed E-state index contributed by atoms with van der Waals surface area (Å²) in [6, 6.07) is 14.1. The van der Waals surface area contributed by atoms with Crippen molar-refractivity contribution in [3.05, 3.63) is 82.8 Å². The molecule has 0 bridgehead atoms. The van der Waals surface area contributed by atoms with Gasteiger partial charge in [-0.15, -0.1) is 0 Å². The van der Waals surface area contributed by atoms with Crippen LogP contribution in [0, 0.1) is 5.82 Å². The Hall–Kier alpha value is -3.08. The molecule has 0 saturated heterocycles. The number of halogens is 1. The average molecular weight is 305 g/mol. The smallest absolute Gasteiger partial charge is 0.261 e. The van der Waals surface area contributed by atoms with Crippen LogP contribution >= 0.6 is 0 Å². The Bertz CT molecular complexity index is 1090. The summed E-state index contributed by atoms with van der Waals surface area (Å²) >= 11 is 0. The van der Waals surface area contributed by atoms with E-state index in [1.54, 1.807) is 12.3 Å². The lowest BCUT2D eigenvalue weighted by atomic mass is 10.1. The standard InChI is InChI=1S/C18H12FN3O/c19-15-5-1-4-14-17(15)21-11-22(18(14)23)10-12-6-7-16-13(9-12)3-2-8-20-16/h1-9,11H,10H2. The minimum atomic E-state index is -0.483. The fraction of sp³-hybridized carbons (Fsp3) is 0.0556. The number of rotatable bonds is 2.